The lowest BCUT2D eigenvalue weighted by molar-refractivity contribution is -0.137. The van der Waals surface area contributed by atoms with Crippen molar-refractivity contribution < 1.29 is 22.3 Å². The van der Waals surface area contributed by atoms with Crippen molar-refractivity contribution in [3.63, 3.8) is 0 Å². The Bertz CT molecular complexity index is 1060. The Hall–Kier alpha value is -2.70. The second kappa shape index (κ2) is 8.81. The fraction of sp³-hybridized carbons (Fsp3) is 0.250. The van der Waals surface area contributed by atoms with Crippen molar-refractivity contribution in [2.75, 3.05) is 16.8 Å². The van der Waals surface area contributed by atoms with Crippen LogP contribution < -0.4 is 15.0 Å². The molecule has 1 atom stereocenters. The van der Waals surface area contributed by atoms with Crippen molar-refractivity contribution >= 4 is 39.9 Å². The van der Waals surface area contributed by atoms with Crippen LogP contribution in [-0.4, -0.2) is 25.9 Å². The van der Waals surface area contributed by atoms with Crippen LogP contribution in [0.1, 0.15) is 16.8 Å². The maximum atomic E-state index is 13.4. The third-order valence-electron chi connectivity index (χ3n) is 4.74. The Morgan fingerprint density at radius 1 is 1.10 bits per heavy atom. The van der Waals surface area contributed by atoms with Crippen molar-refractivity contribution in [2.24, 2.45) is 0 Å². The fourth-order valence-corrected chi connectivity index (χ4v) is 3.66. The van der Waals surface area contributed by atoms with Crippen molar-refractivity contribution in [2.45, 2.75) is 23.5 Å². The van der Waals surface area contributed by atoms with E-state index in [4.69, 9.17) is 4.74 Å². The minimum atomic E-state index is -4.49. The highest BCUT2D eigenvalue weighted by atomic mass is 127. The molecule has 0 radical (unpaired) electrons. The van der Waals surface area contributed by atoms with E-state index in [1.54, 1.807) is 29.2 Å². The smallest absolute Gasteiger partial charge is 0.419 e. The van der Waals surface area contributed by atoms with Gasteiger partial charge in [-0.2, -0.15) is 17.6 Å². The standard InChI is InChI=1S/C20H16F4IN5O/c21-19(25)31-13-5-3-12(4-6-13)29-17-14-7-9-30(10-16(14)27-11-28-17)18-15(20(22,23)24)2-1-8-26-18/h1-6,8,11,19H,7,9-10H2,(H,27,28,29). The van der Waals surface area contributed by atoms with E-state index in [0.717, 1.165) is 11.6 Å². The Morgan fingerprint density at radius 3 is 2.58 bits per heavy atom. The van der Waals surface area contributed by atoms with E-state index < -0.39 is 16.1 Å². The van der Waals surface area contributed by atoms with Gasteiger partial charge in [-0.15, -0.1) is 0 Å². The molecule has 31 heavy (non-hydrogen) atoms. The van der Waals surface area contributed by atoms with Crippen LogP contribution >= 0.6 is 22.6 Å². The molecule has 0 saturated carbocycles. The van der Waals surface area contributed by atoms with Crippen molar-refractivity contribution in [1.82, 2.24) is 15.0 Å². The van der Waals surface area contributed by atoms with E-state index in [0.29, 0.717) is 35.9 Å². The zero-order chi connectivity index (χ0) is 22.0. The molecule has 0 bridgehead atoms. The monoisotopic (exact) mass is 545 g/mol. The number of alkyl halides is 5. The number of hydrogen-bond acceptors (Lipinski definition) is 6. The molecule has 6 nitrogen and oxygen atoms in total. The summed E-state index contributed by atoms with van der Waals surface area (Å²) in [5.41, 5.74) is 1.41. The van der Waals surface area contributed by atoms with Crippen molar-refractivity contribution in [1.29, 1.82) is 0 Å². The van der Waals surface area contributed by atoms with Crippen LogP contribution in [0.3, 0.4) is 0 Å². The van der Waals surface area contributed by atoms with Gasteiger partial charge in [0.1, 0.15) is 23.7 Å². The molecule has 0 aliphatic carbocycles. The number of ether oxygens (including phenoxy) is 1. The fourth-order valence-electron chi connectivity index (χ4n) is 3.37. The number of anilines is 3. The molecule has 1 unspecified atom stereocenters. The maximum absolute atomic E-state index is 13.4. The predicted molar refractivity (Wildman–Crippen MR) is 115 cm³/mol. The zero-order valence-corrected chi connectivity index (χ0v) is 18.1. The summed E-state index contributed by atoms with van der Waals surface area (Å²) >= 11 is 1.52. The van der Waals surface area contributed by atoms with Gasteiger partial charge in [0, 0.05) is 46.6 Å². The van der Waals surface area contributed by atoms with Crippen LogP contribution in [0.25, 0.3) is 0 Å². The Morgan fingerprint density at radius 2 is 1.87 bits per heavy atom. The number of pyridine rings is 1. The van der Waals surface area contributed by atoms with Gasteiger partial charge in [-0.25, -0.2) is 15.0 Å². The first kappa shape index (κ1) is 21.5. The van der Waals surface area contributed by atoms with E-state index in [9.17, 15) is 17.6 Å². The van der Waals surface area contributed by atoms with Crippen LogP contribution in [0.2, 0.25) is 0 Å². The van der Waals surface area contributed by atoms with Gasteiger partial charge in [0.15, 0.2) is 0 Å². The molecule has 0 spiro atoms. The molecule has 0 amide bonds. The minimum absolute atomic E-state index is 0.106. The van der Waals surface area contributed by atoms with Gasteiger partial charge >= 0.3 is 6.18 Å². The van der Waals surface area contributed by atoms with Crippen LogP contribution in [-0.2, 0) is 19.1 Å². The molecule has 4 rings (SSSR count). The molecule has 1 aliphatic rings. The summed E-state index contributed by atoms with van der Waals surface area (Å²) < 4.78 is 56.6. The molecule has 162 valence electrons. The van der Waals surface area contributed by atoms with Crippen molar-refractivity contribution in [3.05, 3.63) is 65.7 Å². The Kier molecular flexibility index (Phi) is 6.12. The third-order valence-corrected chi connectivity index (χ3v) is 5.00. The highest BCUT2D eigenvalue weighted by Crippen LogP contribution is 2.37. The molecule has 2 aromatic heterocycles. The summed E-state index contributed by atoms with van der Waals surface area (Å²) in [6, 6.07) is 9.01. The molecule has 3 heterocycles. The van der Waals surface area contributed by atoms with E-state index in [2.05, 4.69) is 20.3 Å². The Labute approximate surface area is 188 Å². The summed E-state index contributed by atoms with van der Waals surface area (Å²) in [5, 5.41) is 3.19. The molecule has 0 fully saturated rings. The number of rotatable bonds is 5. The highest BCUT2D eigenvalue weighted by molar-refractivity contribution is 14.1. The number of halogens is 5. The summed E-state index contributed by atoms with van der Waals surface area (Å²) in [6.07, 6.45) is -1.32. The summed E-state index contributed by atoms with van der Waals surface area (Å²) in [6.45, 7) is 0.530. The quantitative estimate of drug-likeness (QED) is 0.268. The lowest BCUT2D eigenvalue weighted by atomic mass is 10.0. The van der Waals surface area contributed by atoms with Gasteiger partial charge in [-0.05, 0) is 42.8 Å². The summed E-state index contributed by atoms with van der Waals surface area (Å²) in [4.78, 5) is 14.1. The minimum Gasteiger partial charge on any atom is -0.452 e. The largest absolute Gasteiger partial charge is 0.452 e. The lowest BCUT2D eigenvalue weighted by Crippen LogP contribution is -2.34. The molecule has 1 aliphatic heterocycles. The predicted octanol–water partition coefficient (Wildman–Crippen LogP) is 5.26. The van der Waals surface area contributed by atoms with Crippen LogP contribution in [0, 0.1) is 0 Å². The number of aromatic nitrogens is 3. The third kappa shape index (κ3) is 4.97. The van der Waals surface area contributed by atoms with E-state index in [1.807, 2.05) is 0 Å². The van der Waals surface area contributed by atoms with Gasteiger partial charge in [0.25, 0.3) is 4.36 Å². The molecule has 1 N–H and O–H groups in total. The second-order valence-electron chi connectivity index (χ2n) is 6.72. The molecule has 0 saturated heterocycles. The molecule has 3 aromatic rings. The average Bonchev–Trinajstić information content (AvgIpc) is 2.74. The number of hydrogen-bond donors (Lipinski definition) is 1. The van der Waals surface area contributed by atoms with Gasteiger partial charge in [0.2, 0.25) is 0 Å². The topological polar surface area (TPSA) is 63.2 Å². The first-order valence-electron chi connectivity index (χ1n) is 9.23. The maximum Gasteiger partial charge on any atom is 0.419 e. The van der Waals surface area contributed by atoms with E-state index in [1.165, 1.54) is 41.2 Å². The lowest BCUT2D eigenvalue weighted by Gasteiger charge is -2.31. The number of benzene rings is 1. The van der Waals surface area contributed by atoms with E-state index in [-0.39, 0.29) is 12.4 Å². The van der Waals surface area contributed by atoms with Gasteiger partial charge < -0.3 is 15.0 Å². The normalized spacial score (nSPS) is 14.7. The van der Waals surface area contributed by atoms with Crippen molar-refractivity contribution in [3.8, 4) is 5.75 Å². The van der Waals surface area contributed by atoms with Crippen LogP contribution in [0.15, 0.2) is 48.9 Å². The summed E-state index contributed by atoms with van der Waals surface area (Å²) in [7, 11) is 0. The average molecular weight is 545 g/mol. The molecule has 11 heteroatoms. The number of fused-ring (bicyclic) bond motifs is 1. The zero-order valence-electron chi connectivity index (χ0n) is 15.9. The van der Waals surface area contributed by atoms with E-state index >= 15 is 0 Å². The SMILES string of the molecule is FC(I)Oc1ccc(Nc2ncnc3c2CCN(c2ncccc2C(F)(F)F)C3)cc1. The van der Waals surface area contributed by atoms with Gasteiger partial charge in [-0.3, -0.25) is 0 Å². The number of nitrogens with one attached hydrogen (secondary N) is 1. The highest BCUT2D eigenvalue weighted by Gasteiger charge is 2.36. The number of nitrogens with zero attached hydrogens (tertiary/aromatic N) is 4. The first-order chi connectivity index (χ1) is 14.8. The van der Waals surface area contributed by atoms with Gasteiger partial charge in [0.05, 0.1) is 17.8 Å². The molecular weight excluding hydrogens is 529 g/mol. The molecule has 1 aromatic carbocycles. The molecular formula is C20H16F4IN5O. The Balaban J connectivity index is 1.55. The summed E-state index contributed by atoms with van der Waals surface area (Å²) in [5.74, 6) is 0.863. The second-order valence-corrected chi connectivity index (χ2v) is 7.70. The first-order valence-corrected chi connectivity index (χ1v) is 10.5. The van der Waals surface area contributed by atoms with Crippen LogP contribution in [0.5, 0.6) is 5.75 Å². The van der Waals surface area contributed by atoms with Gasteiger partial charge in [-0.1, -0.05) is 0 Å². The van der Waals surface area contributed by atoms with Crippen LogP contribution in [0.4, 0.5) is 34.9 Å².